The van der Waals surface area contributed by atoms with Crippen LogP contribution in [0.5, 0.6) is 0 Å². The van der Waals surface area contributed by atoms with Crippen molar-refractivity contribution in [1.82, 2.24) is 9.29 Å². The molecule has 0 fully saturated rings. The molecule has 0 radical (unpaired) electrons. The molecule has 2 heterocycles. The summed E-state index contributed by atoms with van der Waals surface area (Å²) < 4.78 is 27.9. The van der Waals surface area contributed by atoms with E-state index in [0.29, 0.717) is 19.5 Å². The van der Waals surface area contributed by atoms with Gasteiger partial charge in [-0.05, 0) is 36.6 Å². The second-order valence-corrected chi connectivity index (χ2v) is 11.2. The highest BCUT2D eigenvalue weighted by atomic mass is 32.2. The molecule has 5 nitrogen and oxygen atoms in total. The molecule has 0 aliphatic rings. The van der Waals surface area contributed by atoms with Gasteiger partial charge in [-0.15, -0.1) is 11.3 Å². The van der Waals surface area contributed by atoms with E-state index in [1.165, 1.54) is 0 Å². The van der Waals surface area contributed by atoms with Crippen molar-refractivity contribution in [2.45, 2.75) is 39.5 Å². The van der Waals surface area contributed by atoms with Gasteiger partial charge in [-0.25, -0.2) is 8.42 Å². The van der Waals surface area contributed by atoms with Crippen LogP contribution in [0.25, 0.3) is 10.4 Å². The van der Waals surface area contributed by atoms with Crippen LogP contribution < -0.4 is 0 Å². The molecule has 0 aliphatic heterocycles. The Bertz CT molecular complexity index is 1110. The predicted molar refractivity (Wildman–Crippen MR) is 126 cm³/mol. The third-order valence-electron chi connectivity index (χ3n) is 4.69. The van der Waals surface area contributed by atoms with Gasteiger partial charge in [0.15, 0.2) is 0 Å². The Morgan fingerprint density at radius 1 is 1.06 bits per heavy atom. The summed E-state index contributed by atoms with van der Waals surface area (Å²) in [5.74, 6) is 0.309. The van der Waals surface area contributed by atoms with Crippen LogP contribution in [0.4, 0.5) is 0 Å². The van der Waals surface area contributed by atoms with Gasteiger partial charge in [-0.2, -0.15) is 4.31 Å². The lowest BCUT2D eigenvalue weighted by atomic mass is 10.2. The van der Waals surface area contributed by atoms with E-state index in [1.54, 1.807) is 28.8 Å². The highest BCUT2D eigenvalue weighted by Crippen LogP contribution is 2.29. The van der Waals surface area contributed by atoms with E-state index in [9.17, 15) is 13.2 Å². The molecule has 0 saturated heterocycles. The van der Waals surface area contributed by atoms with Crippen LogP contribution in [0.2, 0.25) is 0 Å². The fourth-order valence-corrected chi connectivity index (χ4v) is 6.03. The van der Waals surface area contributed by atoms with Gasteiger partial charge >= 0.3 is 0 Å². The average Bonchev–Trinajstić information content (AvgIpc) is 3.16. The van der Waals surface area contributed by atoms with Gasteiger partial charge in [0.1, 0.15) is 5.78 Å². The number of hydrogen-bond donors (Lipinski definition) is 0. The molecule has 0 N–H and O–H groups in total. The number of benzene rings is 1. The van der Waals surface area contributed by atoms with Gasteiger partial charge < -0.3 is 0 Å². The van der Waals surface area contributed by atoms with Crippen molar-refractivity contribution in [3.05, 3.63) is 76.9 Å². The first-order valence-electron chi connectivity index (χ1n) is 10.3. The van der Waals surface area contributed by atoms with E-state index in [4.69, 9.17) is 0 Å². The zero-order chi connectivity index (χ0) is 22.4. The molecular weight excluding hydrogens is 428 g/mol. The van der Waals surface area contributed by atoms with Crippen LogP contribution in [0.1, 0.15) is 36.9 Å². The highest BCUT2D eigenvalue weighted by Gasteiger charge is 2.24. The molecule has 0 amide bonds. The molecule has 3 rings (SSSR count). The summed E-state index contributed by atoms with van der Waals surface area (Å²) in [6.45, 7) is 6.44. The first-order chi connectivity index (χ1) is 14.7. The summed E-state index contributed by atoms with van der Waals surface area (Å²) in [7, 11) is -3.45. The smallest absolute Gasteiger partial charge is 0.218 e. The zero-order valence-electron chi connectivity index (χ0n) is 18.1. The summed E-state index contributed by atoms with van der Waals surface area (Å²) in [5, 5.41) is 0. The van der Waals surface area contributed by atoms with Crippen LogP contribution in [-0.4, -0.2) is 30.0 Å². The fraction of sp³-hybridized carbons (Fsp3) is 0.333. The van der Waals surface area contributed by atoms with Crippen LogP contribution >= 0.6 is 11.3 Å². The Hall–Kier alpha value is -2.35. The molecule has 0 bridgehead atoms. The van der Waals surface area contributed by atoms with Crippen LogP contribution in [-0.2, 0) is 33.5 Å². The number of sulfonamides is 1. The number of rotatable bonds is 10. The van der Waals surface area contributed by atoms with Gasteiger partial charge in [0.05, 0.1) is 5.75 Å². The zero-order valence-corrected chi connectivity index (χ0v) is 19.7. The van der Waals surface area contributed by atoms with Crippen molar-refractivity contribution in [3.63, 3.8) is 0 Å². The SMILES string of the molecule is CC(=O)Cc1ccc(-c2ccc(CN(CC(C)C)S(=O)(=O)Cc3ccccc3)s2)cn1. The van der Waals surface area contributed by atoms with Gasteiger partial charge in [0, 0.05) is 46.7 Å². The number of carbonyl (C=O) groups excluding carboxylic acids is 1. The summed E-state index contributed by atoms with van der Waals surface area (Å²) in [4.78, 5) is 17.6. The maximum Gasteiger partial charge on any atom is 0.218 e. The Morgan fingerprint density at radius 3 is 2.42 bits per heavy atom. The van der Waals surface area contributed by atoms with Gasteiger partial charge in [-0.3, -0.25) is 9.78 Å². The maximum absolute atomic E-state index is 13.1. The number of ketones is 1. The number of Topliss-reactive ketones (excluding diaryl/α,β-unsaturated/α-hetero) is 1. The van der Waals surface area contributed by atoms with E-state index >= 15 is 0 Å². The van der Waals surface area contributed by atoms with Crippen LogP contribution in [0.15, 0.2) is 60.8 Å². The third-order valence-corrected chi connectivity index (χ3v) is 7.57. The molecule has 0 unspecified atom stereocenters. The van der Waals surface area contributed by atoms with E-state index in [2.05, 4.69) is 4.98 Å². The number of pyridine rings is 1. The first kappa shape index (κ1) is 23.3. The maximum atomic E-state index is 13.1. The monoisotopic (exact) mass is 456 g/mol. The lowest BCUT2D eigenvalue weighted by Crippen LogP contribution is -2.34. The molecule has 1 aromatic carbocycles. The molecule has 0 spiro atoms. The third kappa shape index (κ3) is 6.82. The van der Waals surface area contributed by atoms with E-state index in [-0.39, 0.29) is 17.5 Å². The fourth-order valence-electron chi connectivity index (χ4n) is 3.28. The largest absolute Gasteiger partial charge is 0.300 e. The highest BCUT2D eigenvalue weighted by molar-refractivity contribution is 7.88. The van der Waals surface area contributed by atoms with Crippen LogP contribution in [0, 0.1) is 5.92 Å². The van der Waals surface area contributed by atoms with Crippen molar-refractivity contribution in [2.24, 2.45) is 5.92 Å². The average molecular weight is 457 g/mol. The van der Waals surface area contributed by atoms with Crippen molar-refractivity contribution in [3.8, 4) is 10.4 Å². The number of thiophene rings is 1. The van der Waals surface area contributed by atoms with Gasteiger partial charge in [0.2, 0.25) is 10.0 Å². The molecule has 0 saturated carbocycles. The lowest BCUT2D eigenvalue weighted by Gasteiger charge is -2.23. The predicted octanol–water partition coefficient (Wildman–Crippen LogP) is 4.93. The summed E-state index contributed by atoms with van der Waals surface area (Å²) >= 11 is 1.57. The number of aromatic nitrogens is 1. The topological polar surface area (TPSA) is 67.3 Å². The Kier molecular flexibility index (Phi) is 7.75. The molecule has 3 aromatic rings. The Labute approximate surface area is 188 Å². The minimum atomic E-state index is -3.45. The lowest BCUT2D eigenvalue weighted by molar-refractivity contribution is -0.116. The summed E-state index contributed by atoms with van der Waals surface area (Å²) in [5.41, 5.74) is 2.51. The quantitative estimate of drug-likeness (QED) is 0.434. The summed E-state index contributed by atoms with van der Waals surface area (Å²) in [6.07, 6.45) is 2.10. The minimum absolute atomic E-state index is 0.000321. The molecule has 0 atom stereocenters. The number of carbonyl (C=O) groups is 1. The van der Waals surface area contributed by atoms with Crippen molar-refractivity contribution in [1.29, 1.82) is 0 Å². The van der Waals surface area contributed by atoms with Gasteiger partial charge in [0.25, 0.3) is 0 Å². The van der Waals surface area contributed by atoms with E-state index in [0.717, 1.165) is 26.6 Å². The van der Waals surface area contributed by atoms with Gasteiger partial charge in [-0.1, -0.05) is 50.2 Å². The number of nitrogens with zero attached hydrogens (tertiary/aromatic N) is 2. The van der Waals surface area contributed by atoms with E-state index < -0.39 is 10.0 Å². The minimum Gasteiger partial charge on any atom is -0.300 e. The molecule has 31 heavy (non-hydrogen) atoms. The normalized spacial score (nSPS) is 11.9. The van der Waals surface area contributed by atoms with Crippen molar-refractivity contribution >= 4 is 27.1 Å². The second-order valence-electron chi connectivity index (χ2n) is 8.11. The van der Waals surface area contributed by atoms with Crippen LogP contribution in [0.3, 0.4) is 0 Å². The second kappa shape index (κ2) is 10.3. The number of hydrogen-bond acceptors (Lipinski definition) is 5. The van der Waals surface area contributed by atoms with E-state index in [1.807, 2.05) is 68.4 Å². The molecular formula is C24H28N2O3S2. The Morgan fingerprint density at radius 2 is 1.81 bits per heavy atom. The molecule has 0 aliphatic carbocycles. The molecule has 2 aromatic heterocycles. The molecule has 7 heteroatoms. The Balaban J connectivity index is 1.76. The first-order valence-corrected chi connectivity index (χ1v) is 12.7. The summed E-state index contributed by atoms with van der Waals surface area (Å²) in [6, 6.07) is 17.1. The molecule has 164 valence electrons. The van der Waals surface area contributed by atoms with Crippen molar-refractivity contribution in [2.75, 3.05) is 6.54 Å². The standard InChI is InChI=1S/C24H28N2O3S2/c1-18(2)15-26(31(28,29)17-20-7-5-4-6-8-20)16-23-11-12-24(30-23)21-9-10-22(25-14-21)13-19(3)27/h4-12,14,18H,13,15-17H2,1-3H3. The van der Waals surface area contributed by atoms with Crippen molar-refractivity contribution < 1.29 is 13.2 Å².